The fourth-order valence-electron chi connectivity index (χ4n) is 1.66. The molecule has 1 fully saturated rings. The van der Waals surface area contributed by atoms with Crippen molar-refractivity contribution in [1.82, 2.24) is 0 Å². The highest BCUT2D eigenvalue weighted by Crippen LogP contribution is 2.19. The van der Waals surface area contributed by atoms with Gasteiger partial charge in [-0.25, -0.2) is 0 Å². The third-order valence-electron chi connectivity index (χ3n) is 2.93. The van der Waals surface area contributed by atoms with Crippen molar-refractivity contribution < 1.29 is 40.3 Å². The van der Waals surface area contributed by atoms with Gasteiger partial charge in [0.25, 0.3) is 5.69 Å². The Kier molecular flexibility index (Phi) is 6.61. The molecule has 1 unspecified atom stereocenters. The van der Waals surface area contributed by atoms with Gasteiger partial charge in [0.05, 0.1) is 11.5 Å². The number of nitro groups is 1. The summed E-state index contributed by atoms with van der Waals surface area (Å²) in [6.45, 7) is -0.526. The summed E-state index contributed by atoms with van der Waals surface area (Å²) in [4.78, 5) is 9.52. The molecule has 0 amide bonds. The topological polar surface area (TPSA) is 174 Å². The molecule has 124 valence electrons. The summed E-state index contributed by atoms with van der Waals surface area (Å²) in [7, 11) is 0. The van der Waals surface area contributed by atoms with Crippen LogP contribution in [0.25, 0.3) is 0 Å². The van der Waals surface area contributed by atoms with Crippen molar-refractivity contribution in [3.63, 3.8) is 0 Å². The molecule has 1 aliphatic heterocycles. The number of aliphatic hydroxyl groups is 5. The van der Waals surface area contributed by atoms with Gasteiger partial charge in [0.1, 0.15) is 30.2 Å². The molecular weight excluding hydrogens is 302 g/mol. The molecule has 0 aromatic heterocycles. The molecule has 10 nitrogen and oxygen atoms in total. The van der Waals surface area contributed by atoms with Crippen LogP contribution in [-0.4, -0.2) is 72.9 Å². The number of phenols is 1. The number of aromatic hydroxyl groups is 1. The Bertz CT molecular complexity index is 475. The van der Waals surface area contributed by atoms with Crippen LogP contribution in [0.15, 0.2) is 24.3 Å². The number of phenolic OH excluding ortho intramolecular Hbond substituents is 1. The number of hydrogen-bond donors (Lipinski definition) is 6. The first kappa shape index (κ1) is 18.2. The molecule has 6 N–H and O–H groups in total. The molecule has 1 aromatic rings. The summed E-state index contributed by atoms with van der Waals surface area (Å²) in [5.74, 6) is 0.0330. The van der Waals surface area contributed by atoms with E-state index in [0.717, 1.165) is 0 Å². The molecule has 5 atom stereocenters. The zero-order valence-corrected chi connectivity index (χ0v) is 11.3. The SMILES string of the molecule is O=[N+]([O-])c1ccc(O)cc1.OC[C@H]1OC(O)[C@H](O)[C@@H](O)[C@H]1O. The van der Waals surface area contributed by atoms with E-state index < -0.39 is 42.2 Å². The minimum absolute atomic E-state index is 0.0159. The van der Waals surface area contributed by atoms with E-state index in [2.05, 4.69) is 4.74 Å². The van der Waals surface area contributed by atoms with Crippen LogP contribution >= 0.6 is 0 Å². The lowest BCUT2D eigenvalue weighted by Gasteiger charge is -2.37. The Morgan fingerprint density at radius 1 is 1.05 bits per heavy atom. The summed E-state index contributed by atoms with van der Waals surface area (Å²) in [6, 6.07) is 5.04. The van der Waals surface area contributed by atoms with Gasteiger partial charge >= 0.3 is 0 Å². The summed E-state index contributed by atoms with van der Waals surface area (Å²) in [5, 5.41) is 63.4. The molecule has 22 heavy (non-hydrogen) atoms. The van der Waals surface area contributed by atoms with Crippen LogP contribution in [0.5, 0.6) is 5.75 Å². The highest BCUT2D eigenvalue weighted by Gasteiger charge is 2.42. The average molecular weight is 319 g/mol. The predicted octanol–water partition coefficient (Wildman–Crippen LogP) is -1.92. The minimum Gasteiger partial charge on any atom is -0.508 e. The Morgan fingerprint density at radius 2 is 1.59 bits per heavy atom. The Balaban J connectivity index is 0.000000224. The standard InChI is InChI=1S/C6H5NO3.C6H12O6/c8-6-3-1-5(2-4-6)7(9)10;7-1-2-3(8)4(9)5(10)6(11)12-2/h1-4,8H;2-11H,1H2/t;2-,3+,4+,5-,6?/m.1/s1. The molecule has 0 bridgehead atoms. The van der Waals surface area contributed by atoms with E-state index in [-0.39, 0.29) is 11.4 Å². The second-order valence-electron chi connectivity index (χ2n) is 4.49. The van der Waals surface area contributed by atoms with E-state index in [1.807, 2.05) is 0 Å². The van der Waals surface area contributed by atoms with Gasteiger partial charge in [-0.05, 0) is 12.1 Å². The first-order chi connectivity index (χ1) is 10.3. The van der Waals surface area contributed by atoms with Gasteiger partial charge in [-0.2, -0.15) is 0 Å². The molecule has 0 spiro atoms. The van der Waals surface area contributed by atoms with Crippen molar-refractivity contribution >= 4 is 5.69 Å². The fraction of sp³-hybridized carbons (Fsp3) is 0.500. The van der Waals surface area contributed by atoms with Crippen molar-refractivity contribution in [3.05, 3.63) is 34.4 Å². The third kappa shape index (κ3) is 4.59. The Labute approximate surface area is 124 Å². The number of hydrogen-bond acceptors (Lipinski definition) is 9. The van der Waals surface area contributed by atoms with E-state index in [9.17, 15) is 10.1 Å². The second-order valence-corrected chi connectivity index (χ2v) is 4.49. The van der Waals surface area contributed by atoms with Crippen molar-refractivity contribution in [2.75, 3.05) is 6.61 Å². The summed E-state index contributed by atoms with van der Waals surface area (Å²) in [5.41, 5.74) is -0.0159. The normalized spacial score (nSPS) is 31.0. The van der Waals surface area contributed by atoms with Crippen LogP contribution in [0.3, 0.4) is 0 Å². The van der Waals surface area contributed by atoms with Crippen molar-refractivity contribution in [2.24, 2.45) is 0 Å². The highest BCUT2D eigenvalue weighted by molar-refractivity contribution is 5.34. The van der Waals surface area contributed by atoms with Gasteiger partial charge in [-0.15, -0.1) is 0 Å². The van der Waals surface area contributed by atoms with Gasteiger partial charge < -0.3 is 35.4 Å². The number of aliphatic hydroxyl groups excluding tert-OH is 5. The lowest BCUT2D eigenvalue weighted by atomic mass is 10.00. The Hall–Kier alpha value is -1.82. The average Bonchev–Trinajstić information content (AvgIpc) is 2.50. The zero-order chi connectivity index (χ0) is 16.9. The molecule has 1 aromatic carbocycles. The van der Waals surface area contributed by atoms with E-state index in [4.69, 9.17) is 30.6 Å². The van der Waals surface area contributed by atoms with Crippen LogP contribution in [-0.2, 0) is 4.74 Å². The first-order valence-electron chi connectivity index (χ1n) is 6.20. The second kappa shape index (κ2) is 7.98. The molecule has 10 heteroatoms. The lowest BCUT2D eigenvalue weighted by molar-refractivity contribution is -0.384. The number of ether oxygens (including phenoxy) is 1. The largest absolute Gasteiger partial charge is 0.508 e. The molecule has 0 radical (unpaired) electrons. The van der Waals surface area contributed by atoms with Gasteiger partial charge in [-0.1, -0.05) is 0 Å². The summed E-state index contributed by atoms with van der Waals surface area (Å²) < 4.78 is 4.58. The van der Waals surface area contributed by atoms with Crippen LogP contribution in [0, 0.1) is 10.1 Å². The maximum Gasteiger partial charge on any atom is 0.269 e. The van der Waals surface area contributed by atoms with Crippen LogP contribution < -0.4 is 0 Å². The van der Waals surface area contributed by atoms with E-state index in [0.29, 0.717) is 0 Å². The van der Waals surface area contributed by atoms with Crippen molar-refractivity contribution in [3.8, 4) is 5.75 Å². The third-order valence-corrected chi connectivity index (χ3v) is 2.93. The van der Waals surface area contributed by atoms with E-state index in [1.54, 1.807) is 0 Å². The minimum atomic E-state index is -1.57. The maximum atomic E-state index is 10.0. The lowest BCUT2D eigenvalue weighted by Crippen LogP contribution is -2.58. The smallest absolute Gasteiger partial charge is 0.269 e. The van der Waals surface area contributed by atoms with Gasteiger partial charge in [0.15, 0.2) is 6.29 Å². The first-order valence-corrected chi connectivity index (χ1v) is 6.20. The number of rotatable bonds is 2. The quantitative estimate of drug-likeness (QED) is 0.268. The van der Waals surface area contributed by atoms with Crippen LogP contribution in [0.2, 0.25) is 0 Å². The maximum absolute atomic E-state index is 10.0. The van der Waals surface area contributed by atoms with E-state index in [1.165, 1.54) is 24.3 Å². The van der Waals surface area contributed by atoms with Gasteiger partial charge in [-0.3, -0.25) is 10.1 Å². The predicted molar refractivity (Wildman–Crippen MR) is 70.7 cm³/mol. The fourth-order valence-corrected chi connectivity index (χ4v) is 1.66. The van der Waals surface area contributed by atoms with Gasteiger partial charge in [0.2, 0.25) is 0 Å². The molecule has 1 saturated heterocycles. The molecule has 0 saturated carbocycles. The number of benzene rings is 1. The molecule has 1 aliphatic rings. The molecule has 2 rings (SSSR count). The highest BCUT2D eigenvalue weighted by atomic mass is 16.6. The monoisotopic (exact) mass is 319 g/mol. The van der Waals surface area contributed by atoms with Crippen molar-refractivity contribution in [1.29, 1.82) is 0 Å². The number of nitrogens with zero attached hydrogens (tertiary/aromatic N) is 1. The zero-order valence-electron chi connectivity index (χ0n) is 11.3. The molecular formula is C12H17NO9. The van der Waals surface area contributed by atoms with Crippen LogP contribution in [0.1, 0.15) is 0 Å². The summed E-state index contributed by atoms with van der Waals surface area (Å²) in [6.07, 6.45) is -7.04. The van der Waals surface area contributed by atoms with E-state index >= 15 is 0 Å². The Morgan fingerprint density at radius 3 is 2.05 bits per heavy atom. The van der Waals surface area contributed by atoms with Crippen LogP contribution in [0.4, 0.5) is 5.69 Å². The van der Waals surface area contributed by atoms with Gasteiger partial charge in [0, 0.05) is 12.1 Å². The number of non-ortho nitro benzene ring substituents is 1. The van der Waals surface area contributed by atoms with Crippen molar-refractivity contribution in [2.45, 2.75) is 30.7 Å². The molecule has 1 heterocycles. The summed E-state index contributed by atoms with van der Waals surface area (Å²) >= 11 is 0. The number of nitro benzene ring substituents is 1. The molecule has 0 aliphatic carbocycles.